The summed E-state index contributed by atoms with van der Waals surface area (Å²) in [6, 6.07) is 0. The van der Waals surface area contributed by atoms with Gasteiger partial charge in [-0.05, 0) is 27.7 Å². The third kappa shape index (κ3) is 31.4. The number of hydrogen-bond donors (Lipinski definition) is 2. The van der Waals surface area contributed by atoms with Crippen molar-refractivity contribution in [2.24, 2.45) is 0 Å². The van der Waals surface area contributed by atoms with Crippen molar-refractivity contribution in [3.63, 3.8) is 0 Å². The highest BCUT2D eigenvalue weighted by Crippen LogP contribution is 1.81. The molecular formula is C12H22O5. The zero-order valence-corrected chi connectivity index (χ0v) is 10.9. The van der Waals surface area contributed by atoms with Gasteiger partial charge in [-0.3, -0.25) is 0 Å². The first-order valence-electron chi connectivity index (χ1n) is 5.05. The molecule has 0 saturated carbocycles. The highest BCUT2D eigenvalue weighted by Gasteiger charge is 1.90. The van der Waals surface area contributed by atoms with Crippen LogP contribution in [0.4, 0.5) is 0 Å². The highest BCUT2D eigenvalue weighted by atomic mass is 16.5. The molecular weight excluding hydrogens is 224 g/mol. The van der Waals surface area contributed by atoms with Crippen LogP contribution in [0, 0.1) is 0 Å². The van der Waals surface area contributed by atoms with Crippen LogP contribution in [-0.2, 0) is 14.3 Å². The predicted molar refractivity (Wildman–Crippen MR) is 67.1 cm³/mol. The summed E-state index contributed by atoms with van der Waals surface area (Å²) in [5, 5.41) is 15.8. The van der Waals surface area contributed by atoms with E-state index < -0.39 is 11.9 Å². The van der Waals surface area contributed by atoms with E-state index in [1.54, 1.807) is 0 Å². The summed E-state index contributed by atoms with van der Waals surface area (Å²) in [5.41, 5.74) is 0.352. The summed E-state index contributed by atoms with van der Waals surface area (Å²) in [6.07, 6.45) is 0. The molecule has 0 unspecified atom stereocenters. The van der Waals surface area contributed by atoms with Gasteiger partial charge in [-0.2, -0.15) is 0 Å². The quantitative estimate of drug-likeness (QED) is 0.744. The van der Waals surface area contributed by atoms with E-state index in [2.05, 4.69) is 13.2 Å². The van der Waals surface area contributed by atoms with Crippen LogP contribution >= 0.6 is 0 Å². The molecule has 0 radical (unpaired) electrons. The van der Waals surface area contributed by atoms with Gasteiger partial charge in [0.2, 0.25) is 0 Å². The molecule has 0 saturated heterocycles. The summed E-state index contributed by atoms with van der Waals surface area (Å²) in [6.45, 7) is 14.9. The van der Waals surface area contributed by atoms with Gasteiger partial charge in [0.1, 0.15) is 0 Å². The third-order valence-corrected chi connectivity index (χ3v) is 1.14. The van der Waals surface area contributed by atoms with Crippen LogP contribution in [0.2, 0.25) is 0 Å². The lowest BCUT2D eigenvalue weighted by Crippen LogP contribution is -1.92. The Morgan fingerprint density at radius 2 is 1.12 bits per heavy atom. The first kappa shape index (κ1) is 20.8. The average molecular weight is 246 g/mol. The Bertz CT molecular complexity index is 206. The number of rotatable bonds is 4. The summed E-state index contributed by atoms with van der Waals surface area (Å²) >= 11 is 0. The van der Waals surface area contributed by atoms with E-state index in [0.717, 1.165) is 13.2 Å². The summed E-state index contributed by atoms with van der Waals surface area (Å²) in [4.78, 5) is 19.2. The molecule has 0 spiro atoms. The Kier molecular flexibility index (Phi) is 17.6. The Labute approximate surface area is 102 Å². The molecule has 0 bridgehead atoms. The number of carbonyl (C=O) groups is 2. The van der Waals surface area contributed by atoms with E-state index in [1.165, 1.54) is 13.8 Å². The van der Waals surface area contributed by atoms with Crippen molar-refractivity contribution in [3.05, 3.63) is 24.3 Å². The molecule has 0 fully saturated rings. The molecule has 0 aliphatic rings. The molecule has 0 aliphatic heterocycles. The highest BCUT2D eigenvalue weighted by molar-refractivity contribution is 5.85. The maximum Gasteiger partial charge on any atom is 0.330 e. The number of carboxylic acid groups (broad SMARTS) is 2. The van der Waals surface area contributed by atoms with Gasteiger partial charge >= 0.3 is 11.9 Å². The van der Waals surface area contributed by atoms with Crippen LogP contribution in [0.1, 0.15) is 27.7 Å². The molecule has 0 amide bonds. The lowest BCUT2D eigenvalue weighted by atomic mass is 10.4. The van der Waals surface area contributed by atoms with Crippen molar-refractivity contribution in [2.75, 3.05) is 13.2 Å². The molecule has 5 heteroatoms. The minimum absolute atomic E-state index is 0.176. The van der Waals surface area contributed by atoms with Crippen LogP contribution < -0.4 is 0 Å². The van der Waals surface area contributed by atoms with E-state index in [-0.39, 0.29) is 11.1 Å². The van der Waals surface area contributed by atoms with Crippen LogP contribution in [0.15, 0.2) is 24.3 Å². The van der Waals surface area contributed by atoms with Gasteiger partial charge < -0.3 is 14.9 Å². The lowest BCUT2D eigenvalue weighted by Gasteiger charge is -1.86. The van der Waals surface area contributed by atoms with Crippen LogP contribution in [0.5, 0.6) is 0 Å². The molecule has 17 heavy (non-hydrogen) atoms. The fourth-order valence-corrected chi connectivity index (χ4v) is 0.204. The van der Waals surface area contributed by atoms with Gasteiger partial charge in [-0.1, -0.05) is 13.2 Å². The van der Waals surface area contributed by atoms with Crippen LogP contribution in [-0.4, -0.2) is 35.4 Å². The van der Waals surface area contributed by atoms with E-state index in [1.807, 2.05) is 13.8 Å². The standard InChI is InChI=1S/2C4H6O2.C4H10O/c2*1-3(2)4(5)6;1-3-5-4-2/h2*1H2,2H3,(H,5,6);3-4H2,1-2H3. The molecule has 0 aromatic heterocycles. The first-order valence-corrected chi connectivity index (χ1v) is 5.05. The first-order chi connectivity index (χ1) is 7.70. The van der Waals surface area contributed by atoms with Gasteiger partial charge in [0.25, 0.3) is 0 Å². The molecule has 5 nitrogen and oxygen atoms in total. The van der Waals surface area contributed by atoms with Crippen molar-refractivity contribution < 1.29 is 24.5 Å². The Morgan fingerprint density at radius 3 is 1.12 bits per heavy atom. The van der Waals surface area contributed by atoms with Crippen LogP contribution in [0.25, 0.3) is 0 Å². The van der Waals surface area contributed by atoms with Crippen molar-refractivity contribution in [1.29, 1.82) is 0 Å². The van der Waals surface area contributed by atoms with E-state index in [0.29, 0.717) is 0 Å². The SMILES string of the molecule is C=C(C)C(=O)O.C=C(C)C(=O)O.CCOCC. The Morgan fingerprint density at radius 1 is 0.941 bits per heavy atom. The maximum atomic E-state index is 9.60. The molecule has 0 aromatic carbocycles. The van der Waals surface area contributed by atoms with Crippen molar-refractivity contribution in [2.45, 2.75) is 27.7 Å². The average Bonchev–Trinajstić information content (AvgIpc) is 2.20. The molecule has 0 heterocycles. The number of aliphatic carboxylic acids is 2. The molecule has 2 N–H and O–H groups in total. The summed E-state index contributed by atoms with van der Waals surface area (Å²) < 4.78 is 4.83. The fraction of sp³-hybridized carbons (Fsp3) is 0.500. The third-order valence-electron chi connectivity index (χ3n) is 1.14. The zero-order valence-electron chi connectivity index (χ0n) is 10.9. The number of carboxylic acids is 2. The molecule has 0 atom stereocenters. The van der Waals surface area contributed by atoms with Gasteiger partial charge in [-0.15, -0.1) is 0 Å². The molecule has 0 aromatic rings. The number of ether oxygens (including phenoxy) is 1. The monoisotopic (exact) mass is 246 g/mol. The minimum Gasteiger partial charge on any atom is -0.478 e. The zero-order chi connectivity index (χ0) is 14.4. The Hall–Kier alpha value is -1.62. The predicted octanol–water partition coefficient (Wildman–Crippen LogP) is 2.34. The summed E-state index contributed by atoms with van der Waals surface area (Å²) in [5.74, 6) is -1.87. The van der Waals surface area contributed by atoms with Gasteiger partial charge in [-0.25, -0.2) is 9.59 Å². The smallest absolute Gasteiger partial charge is 0.330 e. The van der Waals surface area contributed by atoms with E-state index in [4.69, 9.17) is 14.9 Å². The molecule has 100 valence electrons. The van der Waals surface area contributed by atoms with Gasteiger partial charge in [0.15, 0.2) is 0 Å². The topological polar surface area (TPSA) is 83.8 Å². The van der Waals surface area contributed by atoms with Crippen molar-refractivity contribution in [3.8, 4) is 0 Å². The largest absolute Gasteiger partial charge is 0.478 e. The Balaban J connectivity index is -0.000000174. The summed E-state index contributed by atoms with van der Waals surface area (Å²) in [7, 11) is 0. The molecule has 0 aliphatic carbocycles. The van der Waals surface area contributed by atoms with Gasteiger partial charge in [0.05, 0.1) is 0 Å². The second-order valence-corrected chi connectivity index (χ2v) is 2.95. The lowest BCUT2D eigenvalue weighted by molar-refractivity contribution is -0.133. The minimum atomic E-state index is -0.935. The van der Waals surface area contributed by atoms with E-state index >= 15 is 0 Å². The van der Waals surface area contributed by atoms with Crippen molar-refractivity contribution in [1.82, 2.24) is 0 Å². The van der Waals surface area contributed by atoms with Crippen molar-refractivity contribution >= 4 is 11.9 Å². The normalized spacial score (nSPS) is 7.76. The van der Waals surface area contributed by atoms with Crippen LogP contribution in [0.3, 0.4) is 0 Å². The van der Waals surface area contributed by atoms with Gasteiger partial charge in [0, 0.05) is 24.4 Å². The maximum absolute atomic E-state index is 9.60. The fourth-order valence-electron chi connectivity index (χ4n) is 0.204. The van der Waals surface area contributed by atoms with E-state index in [9.17, 15) is 9.59 Å². The second kappa shape index (κ2) is 14.4. The number of hydrogen-bond acceptors (Lipinski definition) is 3. The molecule has 0 rings (SSSR count). The second-order valence-electron chi connectivity index (χ2n) is 2.95.